The molecule has 1 fully saturated rings. The van der Waals surface area contributed by atoms with Crippen LogP contribution in [0.25, 0.3) is 0 Å². The average Bonchev–Trinajstić information content (AvgIpc) is 3.09. The minimum absolute atomic E-state index is 0.303. The Labute approximate surface area is 136 Å². The number of hydrogen-bond donors (Lipinski definition) is 1. The van der Waals surface area contributed by atoms with E-state index in [1.807, 2.05) is 16.8 Å². The highest BCUT2D eigenvalue weighted by molar-refractivity contribution is 9.11. The van der Waals surface area contributed by atoms with Crippen LogP contribution in [-0.4, -0.2) is 33.6 Å². The number of carbonyl (C=O) groups is 1. The van der Waals surface area contributed by atoms with Crippen LogP contribution in [0, 0.1) is 0 Å². The van der Waals surface area contributed by atoms with Crippen LogP contribution in [0.3, 0.4) is 0 Å². The van der Waals surface area contributed by atoms with Gasteiger partial charge in [0.1, 0.15) is 5.69 Å². The zero-order valence-electron chi connectivity index (χ0n) is 11.5. The molecule has 0 aliphatic carbocycles. The summed E-state index contributed by atoms with van der Waals surface area (Å²) < 4.78 is 3.09. The van der Waals surface area contributed by atoms with Crippen LogP contribution < -0.4 is 0 Å². The second kappa shape index (κ2) is 6.34. The lowest BCUT2D eigenvalue weighted by Gasteiger charge is -2.33. The van der Waals surface area contributed by atoms with E-state index in [0.717, 1.165) is 32.5 Å². The van der Waals surface area contributed by atoms with Gasteiger partial charge in [-0.3, -0.25) is 4.90 Å². The molecule has 2 aromatic heterocycles. The molecule has 6 heteroatoms. The summed E-state index contributed by atoms with van der Waals surface area (Å²) in [6, 6.07) is 8.05. The van der Waals surface area contributed by atoms with Gasteiger partial charge in [0, 0.05) is 36.8 Å². The molecule has 0 amide bonds. The fourth-order valence-corrected chi connectivity index (χ4v) is 4.43. The Hall–Kier alpha value is -1.11. The molecule has 0 spiro atoms. The third-order valence-corrected chi connectivity index (χ3v) is 5.57. The summed E-state index contributed by atoms with van der Waals surface area (Å²) in [6.07, 6.45) is 3.89. The lowest BCUT2D eigenvalue weighted by molar-refractivity contribution is 0.0678. The van der Waals surface area contributed by atoms with Crippen molar-refractivity contribution in [3.05, 3.63) is 44.8 Å². The summed E-state index contributed by atoms with van der Waals surface area (Å²) in [5.41, 5.74) is 0.399. The molecule has 1 aliphatic rings. The molecule has 0 radical (unpaired) electrons. The molecule has 3 heterocycles. The summed E-state index contributed by atoms with van der Waals surface area (Å²) >= 11 is 5.27. The Kier molecular flexibility index (Phi) is 4.47. The van der Waals surface area contributed by atoms with E-state index in [-0.39, 0.29) is 0 Å². The van der Waals surface area contributed by atoms with Gasteiger partial charge in [-0.1, -0.05) is 0 Å². The minimum atomic E-state index is -0.842. The van der Waals surface area contributed by atoms with Crippen molar-refractivity contribution in [1.82, 2.24) is 9.47 Å². The number of rotatable bonds is 4. The average molecular weight is 369 g/mol. The van der Waals surface area contributed by atoms with Gasteiger partial charge in [0.15, 0.2) is 0 Å². The van der Waals surface area contributed by atoms with Crippen LogP contribution in [-0.2, 0) is 6.54 Å². The van der Waals surface area contributed by atoms with Gasteiger partial charge in [-0.15, -0.1) is 11.3 Å². The summed E-state index contributed by atoms with van der Waals surface area (Å²) in [7, 11) is 0. The quantitative estimate of drug-likeness (QED) is 0.891. The third-order valence-electron chi connectivity index (χ3n) is 3.96. The van der Waals surface area contributed by atoms with E-state index in [9.17, 15) is 9.90 Å². The molecule has 4 nitrogen and oxygen atoms in total. The molecule has 1 aliphatic heterocycles. The molecule has 0 atom stereocenters. The predicted octanol–water partition coefficient (Wildman–Crippen LogP) is 3.85. The van der Waals surface area contributed by atoms with E-state index < -0.39 is 5.97 Å². The Balaban J connectivity index is 1.60. The first-order chi connectivity index (χ1) is 10.1. The summed E-state index contributed by atoms with van der Waals surface area (Å²) in [6.45, 7) is 3.01. The Morgan fingerprint density at radius 1 is 1.33 bits per heavy atom. The number of aromatic carboxylic acids is 1. The number of hydrogen-bond acceptors (Lipinski definition) is 3. The second-order valence-electron chi connectivity index (χ2n) is 5.32. The predicted molar refractivity (Wildman–Crippen MR) is 87.0 cm³/mol. The molecule has 3 rings (SSSR count). The van der Waals surface area contributed by atoms with Crippen molar-refractivity contribution in [2.24, 2.45) is 0 Å². The molecule has 1 saturated heterocycles. The zero-order valence-corrected chi connectivity index (χ0v) is 13.9. The summed E-state index contributed by atoms with van der Waals surface area (Å²) in [4.78, 5) is 15.0. The van der Waals surface area contributed by atoms with Crippen LogP contribution in [0.2, 0.25) is 0 Å². The number of carboxylic acid groups (broad SMARTS) is 1. The molecule has 112 valence electrons. The first-order valence-electron chi connectivity index (χ1n) is 7.00. The molecule has 0 bridgehead atoms. The van der Waals surface area contributed by atoms with Gasteiger partial charge in [0.2, 0.25) is 0 Å². The van der Waals surface area contributed by atoms with Crippen molar-refractivity contribution in [2.75, 3.05) is 13.1 Å². The molecular weight excluding hydrogens is 352 g/mol. The number of nitrogens with zero attached hydrogens (tertiary/aromatic N) is 2. The smallest absolute Gasteiger partial charge is 0.352 e. The topological polar surface area (TPSA) is 45.5 Å². The normalized spacial score (nSPS) is 17.2. The number of aromatic nitrogens is 1. The third kappa shape index (κ3) is 3.39. The summed E-state index contributed by atoms with van der Waals surface area (Å²) in [5.74, 6) is -0.842. The fourth-order valence-electron chi connectivity index (χ4n) is 2.91. The van der Waals surface area contributed by atoms with Crippen molar-refractivity contribution < 1.29 is 9.90 Å². The molecule has 0 unspecified atom stereocenters. The number of halogens is 1. The van der Waals surface area contributed by atoms with Gasteiger partial charge in [-0.25, -0.2) is 4.79 Å². The van der Waals surface area contributed by atoms with Crippen LogP contribution in [0.1, 0.15) is 34.2 Å². The zero-order chi connectivity index (χ0) is 14.8. The molecule has 1 N–H and O–H groups in total. The highest BCUT2D eigenvalue weighted by Gasteiger charge is 2.23. The summed E-state index contributed by atoms with van der Waals surface area (Å²) in [5, 5.41) is 9.20. The van der Waals surface area contributed by atoms with Gasteiger partial charge in [0.05, 0.1) is 3.79 Å². The molecule has 2 aromatic rings. The van der Waals surface area contributed by atoms with E-state index in [1.165, 1.54) is 8.66 Å². The van der Waals surface area contributed by atoms with Crippen molar-refractivity contribution in [2.45, 2.75) is 25.4 Å². The largest absolute Gasteiger partial charge is 0.477 e. The van der Waals surface area contributed by atoms with Gasteiger partial charge in [-0.05, 0) is 53.0 Å². The van der Waals surface area contributed by atoms with E-state index >= 15 is 0 Å². The first-order valence-corrected chi connectivity index (χ1v) is 8.61. The maximum absolute atomic E-state index is 11.2. The first kappa shape index (κ1) is 14.8. The van der Waals surface area contributed by atoms with Gasteiger partial charge in [0.25, 0.3) is 0 Å². The fraction of sp³-hybridized carbons (Fsp3) is 0.400. The van der Waals surface area contributed by atoms with E-state index in [2.05, 4.69) is 33.0 Å². The van der Waals surface area contributed by atoms with E-state index in [4.69, 9.17) is 0 Å². The van der Waals surface area contributed by atoms with Crippen molar-refractivity contribution in [3.8, 4) is 0 Å². The molecule has 21 heavy (non-hydrogen) atoms. The lowest BCUT2D eigenvalue weighted by atomic mass is 10.0. The molecular formula is C15H17BrN2O2S. The molecule has 0 saturated carbocycles. The number of carboxylic acids is 1. The van der Waals surface area contributed by atoms with Crippen LogP contribution >= 0.6 is 27.3 Å². The number of thiophene rings is 1. The van der Waals surface area contributed by atoms with Gasteiger partial charge in [-0.2, -0.15) is 0 Å². The molecule has 0 aromatic carbocycles. The van der Waals surface area contributed by atoms with Crippen molar-refractivity contribution in [3.63, 3.8) is 0 Å². The van der Waals surface area contributed by atoms with Crippen LogP contribution in [0.5, 0.6) is 0 Å². The van der Waals surface area contributed by atoms with Crippen LogP contribution in [0.15, 0.2) is 34.2 Å². The van der Waals surface area contributed by atoms with Crippen LogP contribution in [0.4, 0.5) is 0 Å². The standard InChI is InChI=1S/C15H17BrN2O2S/c16-14-4-3-12(21-14)10-17-8-5-11(6-9-17)18-7-1-2-13(18)15(19)20/h1-4,7,11H,5-6,8-10H2,(H,19,20). The second-order valence-corrected chi connectivity index (χ2v) is 7.87. The van der Waals surface area contributed by atoms with Crippen molar-refractivity contribution in [1.29, 1.82) is 0 Å². The van der Waals surface area contributed by atoms with Gasteiger partial charge < -0.3 is 9.67 Å². The van der Waals surface area contributed by atoms with E-state index in [0.29, 0.717) is 11.7 Å². The Morgan fingerprint density at radius 3 is 2.71 bits per heavy atom. The SMILES string of the molecule is O=C(O)c1cccn1C1CCN(Cc2ccc(Br)s2)CC1. The Morgan fingerprint density at radius 2 is 2.10 bits per heavy atom. The lowest BCUT2D eigenvalue weighted by Crippen LogP contribution is -2.34. The monoisotopic (exact) mass is 368 g/mol. The van der Waals surface area contributed by atoms with Crippen molar-refractivity contribution >= 4 is 33.2 Å². The van der Waals surface area contributed by atoms with Gasteiger partial charge >= 0.3 is 5.97 Å². The highest BCUT2D eigenvalue weighted by atomic mass is 79.9. The van der Waals surface area contributed by atoms with E-state index in [1.54, 1.807) is 17.4 Å². The Bertz CT molecular complexity index is 629. The number of likely N-dealkylation sites (tertiary alicyclic amines) is 1. The maximum Gasteiger partial charge on any atom is 0.352 e. The number of piperidine rings is 1. The highest BCUT2D eigenvalue weighted by Crippen LogP contribution is 2.28. The maximum atomic E-state index is 11.2. The minimum Gasteiger partial charge on any atom is -0.477 e.